The largest absolute Gasteiger partial charge is 0.454 e. The smallest absolute Gasteiger partial charge is 0.272 e. The van der Waals surface area contributed by atoms with Crippen LogP contribution in [0, 0.1) is 6.92 Å². The zero-order valence-electron chi connectivity index (χ0n) is 10.9. The zero-order valence-corrected chi connectivity index (χ0v) is 10.9. The van der Waals surface area contributed by atoms with Gasteiger partial charge in [0.05, 0.1) is 5.69 Å². The van der Waals surface area contributed by atoms with Gasteiger partial charge in [-0.25, -0.2) is 0 Å². The third-order valence-electron chi connectivity index (χ3n) is 2.92. The van der Waals surface area contributed by atoms with Crippen molar-refractivity contribution in [1.29, 1.82) is 0 Å². The summed E-state index contributed by atoms with van der Waals surface area (Å²) in [6.45, 7) is 2.45. The Hall–Kier alpha value is -2.63. The first-order valence-corrected chi connectivity index (χ1v) is 6.19. The molecule has 1 aromatic heterocycles. The first-order chi connectivity index (χ1) is 9.72. The molecule has 0 fully saturated rings. The quantitative estimate of drug-likeness (QED) is 0.914. The second kappa shape index (κ2) is 5.16. The van der Waals surface area contributed by atoms with Crippen LogP contribution in [0.1, 0.15) is 21.7 Å². The Bertz CT molecular complexity index is 641. The van der Waals surface area contributed by atoms with Crippen LogP contribution < -0.4 is 14.8 Å². The fourth-order valence-electron chi connectivity index (χ4n) is 1.84. The molecule has 1 N–H and O–H groups in total. The van der Waals surface area contributed by atoms with Gasteiger partial charge in [0.25, 0.3) is 5.91 Å². The predicted octanol–water partition coefficient (Wildman–Crippen LogP) is 1.44. The van der Waals surface area contributed by atoms with Gasteiger partial charge in [-0.1, -0.05) is 6.07 Å². The van der Waals surface area contributed by atoms with Crippen LogP contribution in [0.2, 0.25) is 0 Å². The van der Waals surface area contributed by atoms with Crippen molar-refractivity contribution in [3.63, 3.8) is 0 Å². The molecular formula is C14H13N3O3. The van der Waals surface area contributed by atoms with E-state index in [9.17, 15) is 4.79 Å². The molecule has 2 heterocycles. The van der Waals surface area contributed by atoms with E-state index in [4.69, 9.17) is 9.47 Å². The van der Waals surface area contributed by atoms with Gasteiger partial charge in [-0.15, -0.1) is 5.10 Å². The molecule has 0 atom stereocenters. The number of aromatic nitrogens is 2. The molecule has 0 unspecified atom stereocenters. The number of nitrogens with zero attached hydrogens (tertiary/aromatic N) is 2. The first-order valence-electron chi connectivity index (χ1n) is 6.19. The minimum atomic E-state index is -0.254. The van der Waals surface area contributed by atoms with Crippen molar-refractivity contribution in [2.45, 2.75) is 13.5 Å². The number of rotatable bonds is 3. The summed E-state index contributed by atoms with van der Waals surface area (Å²) in [4.78, 5) is 11.9. The van der Waals surface area contributed by atoms with E-state index in [-0.39, 0.29) is 12.7 Å². The van der Waals surface area contributed by atoms with Gasteiger partial charge in [-0.3, -0.25) is 4.79 Å². The van der Waals surface area contributed by atoms with E-state index < -0.39 is 0 Å². The van der Waals surface area contributed by atoms with E-state index in [2.05, 4.69) is 15.5 Å². The molecule has 0 saturated heterocycles. The van der Waals surface area contributed by atoms with E-state index in [1.807, 2.05) is 25.1 Å². The van der Waals surface area contributed by atoms with Crippen LogP contribution >= 0.6 is 0 Å². The molecule has 0 bridgehead atoms. The van der Waals surface area contributed by atoms with Gasteiger partial charge in [0.15, 0.2) is 17.2 Å². The first kappa shape index (κ1) is 12.4. The summed E-state index contributed by atoms with van der Waals surface area (Å²) < 4.78 is 10.5. The summed E-state index contributed by atoms with van der Waals surface area (Å²) in [6.07, 6.45) is 0. The Morgan fingerprint density at radius 1 is 1.20 bits per heavy atom. The van der Waals surface area contributed by atoms with Gasteiger partial charge in [0.1, 0.15) is 0 Å². The number of hydrogen-bond acceptors (Lipinski definition) is 5. The number of carbonyl (C=O) groups is 1. The average Bonchev–Trinajstić information content (AvgIpc) is 2.93. The van der Waals surface area contributed by atoms with E-state index in [1.54, 1.807) is 12.1 Å². The van der Waals surface area contributed by atoms with Crippen LogP contribution in [0.3, 0.4) is 0 Å². The van der Waals surface area contributed by atoms with Gasteiger partial charge >= 0.3 is 0 Å². The lowest BCUT2D eigenvalue weighted by Crippen LogP contribution is -2.24. The van der Waals surface area contributed by atoms with Gasteiger partial charge < -0.3 is 14.8 Å². The van der Waals surface area contributed by atoms with Crippen LogP contribution in [0.25, 0.3) is 0 Å². The lowest BCUT2D eigenvalue weighted by molar-refractivity contribution is 0.0944. The highest BCUT2D eigenvalue weighted by molar-refractivity contribution is 5.91. The highest BCUT2D eigenvalue weighted by Crippen LogP contribution is 2.32. The summed E-state index contributed by atoms with van der Waals surface area (Å²) in [5.41, 5.74) is 2.01. The predicted molar refractivity (Wildman–Crippen MR) is 70.5 cm³/mol. The fourth-order valence-corrected chi connectivity index (χ4v) is 1.84. The van der Waals surface area contributed by atoms with E-state index >= 15 is 0 Å². The number of aryl methyl sites for hydroxylation is 1. The molecule has 2 aromatic rings. The molecule has 1 amide bonds. The van der Waals surface area contributed by atoms with Crippen molar-refractivity contribution in [2.75, 3.05) is 6.79 Å². The average molecular weight is 271 g/mol. The number of fused-ring (bicyclic) bond motifs is 1. The van der Waals surface area contributed by atoms with Crippen molar-refractivity contribution in [3.8, 4) is 11.5 Å². The van der Waals surface area contributed by atoms with Crippen LogP contribution in [0.5, 0.6) is 11.5 Å². The summed E-state index contributed by atoms with van der Waals surface area (Å²) in [7, 11) is 0. The molecule has 0 aliphatic carbocycles. The molecule has 0 radical (unpaired) electrons. The fraction of sp³-hybridized carbons (Fsp3) is 0.214. The summed E-state index contributed by atoms with van der Waals surface area (Å²) >= 11 is 0. The molecule has 6 nitrogen and oxygen atoms in total. The SMILES string of the molecule is Cc1ccc(C(=O)NCc2ccc3c(c2)OCO3)nn1. The molecule has 1 aromatic carbocycles. The Balaban J connectivity index is 1.64. The number of hydrogen-bond donors (Lipinski definition) is 1. The minimum Gasteiger partial charge on any atom is -0.454 e. The Kier molecular flexibility index (Phi) is 3.20. The maximum Gasteiger partial charge on any atom is 0.272 e. The van der Waals surface area contributed by atoms with Crippen molar-refractivity contribution in [2.24, 2.45) is 0 Å². The number of carbonyl (C=O) groups excluding carboxylic acids is 1. The lowest BCUT2D eigenvalue weighted by Gasteiger charge is -2.05. The highest BCUT2D eigenvalue weighted by atomic mass is 16.7. The van der Waals surface area contributed by atoms with Crippen LogP contribution in [-0.4, -0.2) is 22.9 Å². The number of amides is 1. The van der Waals surface area contributed by atoms with Crippen LogP contribution in [-0.2, 0) is 6.54 Å². The van der Waals surface area contributed by atoms with E-state index in [0.717, 1.165) is 17.0 Å². The van der Waals surface area contributed by atoms with Gasteiger partial charge in [-0.2, -0.15) is 5.10 Å². The number of nitrogens with one attached hydrogen (secondary N) is 1. The second-order valence-corrected chi connectivity index (χ2v) is 4.43. The molecule has 1 aliphatic rings. The Morgan fingerprint density at radius 2 is 2.05 bits per heavy atom. The molecule has 3 rings (SSSR count). The zero-order chi connectivity index (χ0) is 13.9. The molecule has 6 heteroatoms. The third kappa shape index (κ3) is 2.54. The van der Waals surface area contributed by atoms with Crippen molar-refractivity contribution >= 4 is 5.91 Å². The van der Waals surface area contributed by atoms with Crippen molar-refractivity contribution in [1.82, 2.24) is 15.5 Å². The van der Waals surface area contributed by atoms with Gasteiger partial charge in [0.2, 0.25) is 6.79 Å². The summed E-state index contributed by atoms with van der Waals surface area (Å²) in [5, 5.41) is 10.5. The monoisotopic (exact) mass is 271 g/mol. The second-order valence-electron chi connectivity index (χ2n) is 4.43. The molecule has 0 spiro atoms. The Labute approximate surface area is 115 Å². The highest BCUT2D eigenvalue weighted by Gasteiger charge is 2.14. The van der Waals surface area contributed by atoms with Crippen molar-refractivity contribution < 1.29 is 14.3 Å². The van der Waals surface area contributed by atoms with Gasteiger partial charge in [0, 0.05) is 6.54 Å². The number of ether oxygens (including phenoxy) is 2. The lowest BCUT2D eigenvalue weighted by atomic mass is 10.2. The maximum absolute atomic E-state index is 11.9. The standard InChI is InChI=1S/C14H13N3O3/c1-9-2-4-11(17-16-9)14(18)15-7-10-3-5-12-13(6-10)20-8-19-12/h2-6H,7-8H2,1H3,(H,15,18). The summed E-state index contributed by atoms with van der Waals surface area (Å²) in [6, 6.07) is 8.97. The van der Waals surface area contributed by atoms with Crippen molar-refractivity contribution in [3.05, 3.63) is 47.3 Å². The number of benzene rings is 1. The molecule has 102 valence electrons. The Morgan fingerprint density at radius 3 is 2.85 bits per heavy atom. The molecule has 1 aliphatic heterocycles. The van der Waals surface area contributed by atoms with Crippen LogP contribution in [0.15, 0.2) is 30.3 Å². The third-order valence-corrected chi connectivity index (χ3v) is 2.92. The van der Waals surface area contributed by atoms with Gasteiger partial charge in [-0.05, 0) is 36.8 Å². The normalized spacial score (nSPS) is 12.2. The maximum atomic E-state index is 11.9. The molecule has 20 heavy (non-hydrogen) atoms. The van der Waals surface area contributed by atoms with E-state index in [0.29, 0.717) is 18.0 Å². The van der Waals surface area contributed by atoms with Crippen LogP contribution in [0.4, 0.5) is 0 Å². The van der Waals surface area contributed by atoms with E-state index in [1.165, 1.54) is 0 Å². The topological polar surface area (TPSA) is 73.3 Å². The molecule has 0 saturated carbocycles. The minimum absolute atomic E-state index is 0.240. The summed E-state index contributed by atoms with van der Waals surface area (Å²) in [5.74, 6) is 1.17. The molecular weight excluding hydrogens is 258 g/mol.